The van der Waals surface area contributed by atoms with Crippen LogP contribution in [0.4, 0.5) is 0 Å². The number of ether oxygens (including phenoxy) is 1. The molecule has 0 amide bonds. The number of carbonyl (C=O) groups excluding carboxylic acids is 1. The summed E-state index contributed by atoms with van der Waals surface area (Å²) in [7, 11) is 0. The molecular weight excluding hydrogens is 212 g/mol. The molecule has 0 aromatic rings. The molecule has 0 spiro atoms. The van der Waals surface area contributed by atoms with Crippen LogP contribution in [0, 0.1) is 5.92 Å². The Hall–Kier alpha value is -0.530. The first-order valence-corrected chi connectivity index (χ1v) is 7.48. The average molecular weight is 240 g/mol. The summed E-state index contributed by atoms with van der Waals surface area (Å²) in [4.78, 5) is 11.1. The zero-order valence-corrected chi connectivity index (χ0v) is 11.4. The number of carbonyl (C=O) groups is 1. The third-order valence-electron chi connectivity index (χ3n) is 3.76. The van der Waals surface area contributed by atoms with E-state index in [0.29, 0.717) is 13.0 Å². The van der Waals surface area contributed by atoms with Crippen LogP contribution < -0.4 is 0 Å². The van der Waals surface area contributed by atoms with Gasteiger partial charge in [-0.05, 0) is 18.8 Å². The van der Waals surface area contributed by atoms with Gasteiger partial charge in [-0.3, -0.25) is 4.79 Å². The minimum Gasteiger partial charge on any atom is -0.466 e. The highest BCUT2D eigenvalue weighted by atomic mass is 16.5. The van der Waals surface area contributed by atoms with E-state index in [1.807, 2.05) is 0 Å². The Morgan fingerprint density at radius 2 is 1.76 bits per heavy atom. The summed E-state index contributed by atoms with van der Waals surface area (Å²) in [5, 5.41) is 0. The summed E-state index contributed by atoms with van der Waals surface area (Å²) in [6.07, 6.45) is 13.7. The minimum absolute atomic E-state index is 0.00654. The van der Waals surface area contributed by atoms with Gasteiger partial charge in [-0.25, -0.2) is 0 Å². The molecule has 0 N–H and O–H groups in total. The number of hydrogen-bond donors (Lipinski definition) is 0. The molecule has 1 heterocycles. The summed E-state index contributed by atoms with van der Waals surface area (Å²) >= 11 is 0. The lowest BCUT2D eigenvalue weighted by atomic mass is 9.93. The molecule has 1 aliphatic rings. The van der Waals surface area contributed by atoms with Crippen molar-refractivity contribution in [3.8, 4) is 0 Å². The van der Waals surface area contributed by atoms with Crippen LogP contribution in [-0.4, -0.2) is 12.6 Å². The van der Waals surface area contributed by atoms with Crippen molar-refractivity contribution >= 4 is 5.97 Å². The highest BCUT2D eigenvalue weighted by molar-refractivity contribution is 5.69. The van der Waals surface area contributed by atoms with E-state index in [4.69, 9.17) is 4.74 Å². The lowest BCUT2D eigenvalue weighted by molar-refractivity contribution is -0.142. The molecule has 17 heavy (non-hydrogen) atoms. The fourth-order valence-electron chi connectivity index (χ4n) is 2.56. The topological polar surface area (TPSA) is 26.3 Å². The molecule has 1 unspecified atom stereocenters. The Morgan fingerprint density at radius 1 is 1.06 bits per heavy atom. The zero-order valence-electron chi connectivity index (χ0n) is 11.4. The highest BCUT2D eigenvalue weighted by Gasteiger charge is 2.16. The van der Waals surface area contributed by atoms with Gasteiger partial charge in [-0.1, -0.05) is 58.3 Å². The molecular formula is C15H28O2. The van der Waals surface area contributed by atoms with Crippen molar-refractivity contribution in [2.45, 2.75) is 77.6 Å². The predicted octanol–water partition coefficient (Wildman–Crippen LogP) is 4.47. The van der Waals surface area contributed by atoms with Crippen LogP contribution in [0.2, 0.25) is 0 Å². The van der Waals surface area contributed by atoms with Crippen molar-refractivity contribution in [1.82, 2.24) is 0 Å². The van der Waals surface area contributed by atoms with Gasteiger partial charge >= 0.3 is 5.97 Å². The molecule has 2 heteroatoms. The first-order chi connectivity index (χ1) is 8.33. The lowest BCUT2D eigenvalue weighted by Crippen LogP contribution is -2.01. The van der Waals surface area contributed by atoms with Gasteiger partial charge in [0.2, 0.25) is 0 Å². The molecule has 0 aliphatic carbocycles. The number of esters is 1. The SMILES string of the molecule is CCCCCCCCCC1CCOC(=O)CC1. The number of unbranched alkanes of at least 4 members (excludes halogenated alkanes) is 6. The number of cyclic esters (lactones) is 1. The maximum Gasteiger partial charge on any atom is 0.305 e. The third kappa shape index (κ3) is 7.40. The Labute approximate surface area is 106 Å². The van der Waals surface area contributed by atoms with Crippen molar-refractivity contribution in [2.75, 3.05) is 6.61 Å². The number of hydrogen-bond acceptors (Lipinski definition) is 2. The van der Waals surface area contributed by atoms with Crippen molar-refractivity contribution in [3.05, 3.63) is 0 Å². The Kier molecular flexibility index (Phi) is 8.12. The van der Waals surface area contributed by atoms with Gasteiger partial charge in [-0.2, -0.15) is 0 Å². The fourth-order valence-corrected chi connectivity index (χ4v) is 2.56. The monoisotopic (exact) mass is 240 g/mol. The van der Waals surface area contributed by atoms with E-state index in [-0.39, 0.29) is 5.97 Å². The summed E-state index contributed by atoms with van der Waals surface area (Å²) in [6.45, 7) is 2.91. The standard InChI is InChI=1S/C15H28O2/c1-2-3-4-5-6-7-8-9-14-10-11-15(16)17-13-12-14/h14H,2-13H2,1H3. The number of rotatable bonds is 8. The highest BCUT2D eigenvalue weighted by Crippen LogP contribution is 2.22. The molecule has 0 aromatic heterocycles. The van der Waals surface area contributed by atoms with Crippen LogP contribution in [0.3, 0.4) is 0 Å². The molecule has 0 saturated carbocycles. The summed E-state index contributed by atoms with van der Waals surface area (Å²) in [6, 6.07) is 0. The van der Waals surface area contributed by atoms with Crippen LogP contribution in [0.15, 0.2) is 0 Å². The first kappa shape index (κ1) is 14.5. The van der Waals surface area contributed by atoms with Gasteiger partial charge in [0.25, 0.3) is 0 Å². The second kappa shape index (κ2) is 9.49. The van der Waals surface area contributed by atoms with Crippen LogP contribution in [-0.2, 0) is 9.53 Å². The fraction of sp³-hybridized carbons (Fsp3) is 0.933. The van der Waals surface area contributed by atoms with Crippen molar-refractivity contribution in [2.24, 2.45) is 5.92 Å². The van der Waals surface area contributed by atoms with E-state index in [9.17, 15) is 4.79 Å². The lowest BCUT2D eigenvalue weighted by Gasteiger charge is -2.11. The first-order valence-electron chi connectivity index (χ1n) is 7.48. The van der Waals surface area contributed by atoms with Crippen LogP contribution in [0.1, 0.15) is 77.6 Å². The third-order valence-corrected chi connectivity index (χ3v) is 3.76. The second-order valence-corrected chi connectivity index (χ2v) is 5.32. The second-order valence-electron chi connectivity index (χ2n) is 5.32. The Morgan fingerprint density at radius 3 is 2.53 bits per heavy atom. The molecule has 1 aliphatic heterocycles. The molecule has 0 aromatic carbocycles. The summed E-state index contributed by atoms with van der Waals surface area (Å²) in [5.74, 6) is 0.740. The van der Waals surface area contributed by atoms with Crippen molar-refractivity contribution < 1.29 is 9.53 Å². The zero-order chi connectivity index (χ0) is 12.3. The normalized spacial score (nSPS) is 21.0. The molecule has 0 radical (unpaired) electrons. The average Bonchev–Trinajstić information content (AvgIpc) is 2.53. The van der Waals surface area contributed by atoms with Gasteiger partial charge in [0.05, 0.1) is 6.61 Å². The van der Waals surface area contributed by atoms with Gasteiger partial charge in [0, 0.05) is 6.42 Å². The van der Waals surface area contributed by atoms with Gasteiger partial charge < -0.3 is 4.74 Å². The van der Waals surface area contributed by atoms with Crippen molar-refractivity contribution in [1.29, 1.82) is 0 Å². The Bertz CT molecular complexity index is 201. The predicted molar refractivity (Wildman–Crippen MR) is 70.9 cm³/mol. The van der Waals surface area contributed by atoms with E-state index < -0.39 is 0 Å². The minimum atomic E-state index is 0.00654. The van der Waals surface area contributed by atoms with Crippen LogP contribution in [0.5, 0.6) is 0 Å². The largest absolute Gasteiger partial charge is 0.466 e. The quantitative estimate of drug-likeness (QED) is 0.462. The van der Waals surface area contributed by atoms with Gasteiger partial charge in [0.15, 0.2) is 0 Å². The van der Waals surface area contributed by atoms with Gasteiger partial charge in [-0.15, -0.1) is 0 Å². The Balaban J connectivity index is 1.93. The summed E-state index contributed by atoms with van der Waals surface area (Å²) < 4.78 is 5.07. The summed E-state index contributed by atoms with van der Waals surface area (Å²) in [5.41, 5.74) is 0. The van der Waals surface area contributed by atoms with Crippen molar-refractivity contribution in [3.63, 3.8) is 0 Å². The molecule has 1 rings (SSSR count). The van der Waals surface area contributed by atoms with E-state index in [1.165, 1.54) is 51.4 Å². The maximum absolute atomic E-state index is 11.1. The molecule has 100 valence electrons. The van der Waals surface area contributed by atoms with E-state index >= 15 is 0 Å². The smallest absolute Gasteiger partial charge is 0.305 e. The van der Waals surface area contributed by atoms with Gasteiger partial charge in [0.1, 0.15) is 0 Å². The van der Waals surface area contributed by atoms with E-state index in [2.05, 4.69) is 6.92 Å². The molecule has 1 fully saturated rings. The molecule has 1 atom stereocenters. The van der Waals surface area contributed by atoms with Crippen LogP contribution in [0.25, 0.3) is 0 Å². The molecule has 1 saturated heterocycles. The van der Waals surface area contributed by atoms with E-state index in [1.54, 1.807) is 0 Å². The maximum atomic E-state index is 11.1. The van der Waals surface area contributed by atoms with E-state index in [0.717, 1.165) is 18.8 Å². The van der Waals surface area contributed by atoms with Crippen LogP contribution >= 0.6 is 0 Å². The molecule has 2 nitrogen and oxygen atoms in total. The molecule has 0 bridgehead atoms.